The third-order valence-electron chi connectivity index (χ3n) is 2.93. The normalized spacial score (nSPS) is 10.7. The van der Waals surface area contributed by atoms with Crippen LogP contribution in [0.1, 0.15) is 0 Å². The van der Waals surface area contributed by atoms with E-state index >= 15 is 0 Å². The molecule has 2 aromatic rings. The summed E-state index contributed by atoms with van der Waals surface area (Å²) >= 11 is 5.09. The van der Waals surface area contributed by atoms with Crippen LogP contribution in [0, 0.1) is 10.6 Å². The molecule has 0 bridgehead atoms. The molecule has 118 valence electrons. The van der Waals surface area contributed by atoms with E-state index in [0.29, 0.717) is 11.3 Å². The highest BCUT2D eigenvalue weighted by molar-refractivity contribution is 7.71. The third-order valence-corrected chi connectivity index (χ3v) is 3.25. The number of nitrogens with one attached hydrogen (secondary N) is 1. The summed E-state index contributed by atoms with van der Waals surface area (Å²) in [7, 11) is 0. The van der Waals surface area contributed by atoms with Gasteiger partial charge in [0, 0.05) is 24.2 Å². The van der Waals surface area contributed by atoms with Gasteiger partial charge < -0.3 is 19.5 Å². The first-order chi connectivity index (χ1) is 10.6. The number of nitrogens with zero attached hydrogens (tertiary/aromatic N) is 1. The molecule has 1 aromatic heterocycles. The number of aromatic amines is 1. The van der Waals surface area contributed by atoms with E-state index in [1.54, 1.807) is 0 Å². The monoisotopic (exact) mass is 326 g/mol. The number of ether oxygens (including phenoxy) is 1. The number of rotatable bonds is 6. The summed E-state index contributed by atoms with van der Waals surface area (Å²) in [5.74, 6) is -0.324. The Kier molecular flexibility index (Phi) is 5.42. The van der Waals surface area contributed by atoms with E-state index in [9.17, 15) is 9.18 Å². The standard InChI is InChI=1S/C14H15FN2O4S/c15-9-1-2-10(12(7-9)21-6-5-19)11-8-13(20)16-14(22)17(11)3-4-18/h1-2,7-8,18-19H,3-6H2,(H,16,20,22). The van der Waals surface area contributed by atoms with Crippen LogP contribution in [-0.2, 0) is 6.54 Å². The molecule has 2 rings (SSSR count). The quantitative estimate of drug-likeness (QED) is 0.691. The maximum absolute atomic E-state index is 13.4. The van der Waals surface area contributed by atoms with Crippen LogP contribution in [0.2, 0.25) is 0 Å². The van der Waals surface area contributed by atoms with Crippen molar-refractivity contribution >= 4 is 12.2 Å². The Bertz CT molecular complexity index is 772. The van der Waals surface area contributed by atoms with Gasteiger partial charge in [-0.15, -0.1) is 0 Å². The van der Waals surface area contributed by atoms with E-state index in [0.717, 1.165) is 0 Å². The van der Waals surface area contributed by atoms with Crippen LogP contribution in [0.25, 0.3) is 11.3 Å². The SMILES string of the molecule is O=c1cc(-c2ccc(F)cc2OCCO)n(CCO)c(=S)[nH]1. The first kappa shape index (κ1) is 16.3. The summed E-state index contributed by atoms with van der Waals surface area (Å²) in [4.78, 5) is 14.1. The van der Waals surface area contributed by atoms with Crippen LogP contribution in [0.5, 0.6) is 5.75 Å². The number of aliphatic hydroxyl groups excluding tert-OH is 2. The Morgan fingerprint density at radius 2 is 2.05 bits per heavy atom. The van der Waals surface area contributed by atoms with Crippen LogP contribution in [0.4, 0.5) is 4.39 Å². The molecular formula is C14H15FN2O4S. The number of halogens is 1. The summed E-state index contributed by atoms with van der Waals surface area (Å²) < 4.78 is 20.4. The predicted molar refractivity (Wildman–Crippen MR) is 80.9 cm³/mol. The number of aliphatic hydroxyl groups is 2. The van der Waals surface area contributed by atoms with Gasteiger partial charge in [0.2, 0.25) is 0 Å². The van der Waals surface area contributed by atoms with Gasteiger partial charge in [0.05, 0.1) is 18.9 Å². The molecule has 0 unspecified atom stereocenters. The van der Waals surface area contributed by atoms with Crippen LogP contribution >= 0.6 is 12.2 Å². The molecule has 6 nitrogen and oxygen atoms in total. The zero-order chi connectivity index (χ0) is 16.1. The lowest BCUT2D eigenvalue weighted by Gasteiger charge is -2.16. The van der Waals surface area contributed by atoms with Crippen molar-refractivity contribution in [2.24, 2.45) is 0 Å². The number of aromatic nitrogens is 2. The molecule has 3 N–H and O–H groups in total. The van der Waals surface area contributed by atoms with Crippen molar-refractivity contribution in [1.82, 2.24) is 9.55 Å². The summed E-state index contributed by atoms with van der Waals surface area (Å²) in [5.41, 5.74) is 0.433. The fourth-order valence-electron chi connectivity index (χ4n) is 2.05. The van der Waals surface area contributed by atoms with Gasteiger partial charge in [-0.1, -0.05) is 0 Å². The molecule has 0 radical (unpaired) electrons. The van der Waals surface area contributed by atoms with E-state index in [4.69, 9.17) is 27.2 Å². The van der Waals surface area contributed by atoms with E-state index in [1.165, 1.54) is 28.8 Å². The number of H-pyrrole nitrogens is 1. The second kappa shape index (κ2) is 7.30. The lowest BCUT2D eigenvalue weighted by Crippen LogP contribution is -2.17. The molecule has 0 aliphatic carbocycles. The van der Waals surface area contributed by atoms with E-state index in [-0.39, 0.29) is 36.9 Å². The fraction of sp³-hybridized carbons (Fsp3) is 0.286. The Labute approximate surface area is 130 Å². The molecule has 0 saturated heterocycles. The molecule has 1 aromatic carbocycles. The molecule has 0 saturated carbocycles. The van der Waals surface area contributed by atoms with Crippen molar-refractivity contribution in [3.05, 3.63) is 45.2 Å². The van der Waals surface area contributed by atoms with Crippen molar-refractivity contribution in [3.8, 4) is 17.0 Å². The number of benzene rings is 1. The van der Waals surface area contributed by atoms with Gasteiger partial charge >= 0.3 is 0 Å². The van der Waals surface area contributed by atoms with Crippen molar-refractivity contribution in [3.63, 3.8) is 0 Å². The summed E-state index contributed by atoms with van der Waals surface area (Å²) in [6, 6.07) is 5.15. The zero-order valence-electron chi connectivity index (χ0n) is 11.6. The molecule has 0 fully saturated rings. The summed E-state index contributed by atoms with van der Waals surface area (Å²) in [6.07, 6.45) is 0. The third kappa shape index (κ3) is 3.59. The number of hydrogen-bond acceptors (Lipinski definition) is 5. The van der Waals surface area contributed by atoms with Crippen LogP contribution in [0.3, 0.4) is 0 Å². The molecule has 1 heterocycles. The first-order valence-corrected chi connectivity index (χ1v) is 6.96. The molecule has 22 heavy (non-hydrogen) atoms. The maximum atomic E-state index is 13.4. The Morgan fingerprint density at radius 3 is 2.73 bits per heavy atom. The summed E-state index contributed by atoms with van der Waals surface area (Å²) in [5, 5.41) is 18.0. The second-order valence-corrected chi connectivity index (χ2v) is 4.80. The Balaban J connectivity index is 2.65. The smallest absolute Gasteiger partial charge is 0.252 e. The van der Waals surface area contributed by atoms with Gasteiger partial charge in [0.25, 0.3) is 5.56 Å². The summed E-state index contributed by atoms with van der Waals surface area (Å²) in [6.45, 7) is -0.252. The highest BCUT2D eigenvalue weighted by Crippen LogP contribution is 2.30. The molecule has 0 spiro atoms. The Hall–Kier alpha value is -2.03. The highest BCUT2D eigenvalue weighted by Gasteiger charge is 2.13. The minimum Gasteiger partial charge on any atom is -0.490 e. The van der Waals surface area contributed by atoms with E-state index < -0.39 is 11.4 Å². The lowest BCUT2D eigenvalue weighted by atomic mass is 10.1. The van der Waals surface area contributed by atoms with E-state index in [2.05, 4.69) is 4.98 Å². The average molecular weight is 326 g/mol. The van der Waals surface area contributed by atoms with Crippen molar-refractivity contribution < 1.29 is 19.3 Å². The molecule has 0 amide bonds. The lowest BCUT2D eigenvalue weighted by molar-refractivity contribution is 0.201. The van der Waals surface area contributed by atoms with Crippen molar-refractivity contribution in [2.45, 2.75) is 6.54 Å². The van der Waals surface area contributed by atoms with E-state index in [1.807, 2.05) is 0 Å². The fourth-order valence-corrected chi connectivity index (χ4v) is 2.34. The predicted octanol–water partition coefficient (Wildman–Crippen LogP) is 1.08. The minimum absolute atomic E-state index is 0.0135. The molecule has 0 aliphatic heterocycles. The van der Waals surface area contributed by atoms with Gasteiger partial charge in [-0.2, -0.15) is 0 Å². The maximum Gasteiger partial charge on any atom is 0.252 e. The Morgan fingerprint density at radius 1 is 1.27 bits per heavy atom. The van der Waals surface area contributed by atoms with Crippen molar-refractivity contribution in [2.75, 3.05) is 19.8 Å². The van der Waals surface area contributed by atoms with Crippen LogP contribution in [0.15, 0.2) is 29.1 Å². The zero-order valence-corrected chi connectivity index (χ0v) is 12.4. The topological polar surface area (TPSA) is 87.5 Å². The average Bonchev–Trinajstić information content (AvgIpc) is 2.48. The van der Waals surface area contributed by atoms with Gasteiger partial charge in [0.1, 0.15) is 18.2 Å². The van der Waals surface area contributed by atoms with Gasteiger partial charge in [-0.3, -0.25) is 9.78 Å². The first-order valence-electron chi connectivity index (χ1n) is 6.55. The van der Waals surface area contributed by atoms with Crippen molar-refractivity contribution in [1.29, 1.82) is 0 Å². The van der Waals surface area contributed by atoms with Crippen LogP contribution in [-0.4, -0.2) is 39.6 Å². The molecular weight excluding hydrogens is 311 g/mol. The molecule has 0 atom stereocenters. The number of hydrogen-bond donors (Lipinski definition) is 3. The van der Waals surface area contributed by atoms with Gasteiger partial charge in [-0.05, 0) is 24.4 Å². The van der Waals surface area contributed by atoms with Gasteiger partial charge in [-0.25, -0.2) is 4.39 Å². The highest BCUT2D eigenvalue weighted by atomic mass is 32.1. The second-order valence-electron chi connectivity index (χ2n) is 4.41. The van der Waals surface area contributed by atoms with Crippen LogP contribution < -0.4 is 10.3 Å². The van der Waals surface area contributed by atoms with Gasteiger partial charge in [0.15, 0.2) is 4.77 Å². The largest absolute Gasteiger partial charge is 0.490 e. The molecule has 0 aliphatic rings. The molecule has 8 heteroatoms. The minimum atomic E-state index is -0.506.